The SMILES string of the molecule is O=C(NCc1cccc(C(F)(F)F)c1)c1cnc(C2CCNCC2)o1. The maximum Gasteiger partial charge on any atom is 0.416 e. The van der Waals surface area contributed by atoms with Gasteiger partial charge in [-0.25, -0.2) is 4.98 Å². The van der Waals surface area contributed by atoms with Gasteiger partial charge in [-0.1, -0.05) is 12.1 Å². The summed E-state index contributed by atoms with van der Waals surface area (Å²) in [4.78, 5) is 16.3. The molecule has 3 rings (SSSR count). The fraction of sp³-hybridized carbons (Fsp3) is 0.412. The lowest BCUT2D eigenvalue weighted by Gasteiger charge is -2.19. The van der Waals surface area contributed by atoms with Crippen LogP contribution < -0.4 is 10.6 Å². The van der Waals surface area contributed by atoms with Crippen molar-refractivity contribution in [3.8, 4) is 0 Å². The summed E-state index contributed by atoms with van der Waals surface area (Å²) in [6.07, 6.45) is -1.26. The van der Waals surface area contributed by atoms with Gasteiger partial charge >= 0.3 is 6.18 Å². The zero-order valence-corrected chi connectivity index (χ0v) is 13.4. The Hall–Kier alpha value is -2.35. The first-order valence-electron chi connectivity index (χ1n) is 8.04. The number of amides is 1. The zero-order chi connectivity index (χ0) is 17.9. The van der Waals surface area contributed by atoms with Gasteiger partial charge in [-0.2, -0.15) is 13.2 Å². The van der Waals surface area contributed by atoms with Crippen molar-refractivity contribution in [1.82, 2.24) is 15.6 Å². The number of hydrogen-bond donors (Lipinski definition) is 2. The van der Waals surface area contributed by atoms with Crippen molar-refractivity contribution in [3.05, 3.63) is 53.2 Å². The van der Waals surface area contributed by atoms with E-state index in [0.717, 1.165) is 38.1 Å². The molecule has 1 fully saturated rings. The summed E-state index contributed by atoms with van der Waals surface area (Å²) < 4.78 is 43.6. The predicted octanol–water partition coefficient (Wildman–Crippen LogP) is 3.09. The molecular weight excluding hydrogens is 335 g/mol. The Kier molecular flexibility index (Phi) is 5.08. The van der Waals surface area contributed by atoms with Crippen LogP contribution in [0.5, 0.6) is 0 Å². The number of rotatable bonds is 4. The van der Waals surface area contributed by atoms with Gasteiger partial charge in [-0.05, 0) is 43.6 Å². The number of carbonyl (C=O) groups excluding carboxylic acids is 1. The maximum absolute atomic E-state index is 12.7. The molecule has 0 spiro atoms. The van der Waals surface area contributed by atoms with Crippen molar-refractivity contribution >= 4 is 5.91 Å². The van der Waals surface area contributed by atoms with Crippen LogP contribution in [-0.4, -0.2) is 24.0 Å². The first-order chi connectivity index (χ1) is 11.9. The Morgan fingerprint density at radius 1 is 1.32 bits per heavy atom. The molecule has 1 aliphatic rings. The lowest BCUT2D eigenvalue weighted by molar-refractivity contribution is -0.137. The first kappa shape index (κ1) is 17.5. The van der Waals surface area contributed by atoms with Crippen molar-refractivity contribution < 1.29 is 22.4 Å². The number of hydrogen-bond acceptors (Lipinski definition) is 4. The number of halogens is 3. The summed E-state index contributed by atoms with van der Waals surface area (Å²) in [5.41, 5.74) is -0.381. The van der Waals surface area contributed by atoms with Gasteiger partial charge in [-0.3, -0.25) is 4.79 Å². The van der Waals surface area contributed by atoms with Crippen LogP contribution in [0.4, 0.5) is 13.2 Å². The number of carbonyl (C=O) groups is 1. The van der Waals surface area contributed by atoms with Gasteiger partial charge in [-0.15, -0.1) is 0 Å². The Bertz CT molecular complexity index is 737. The van der Waals surface area contributed by atoms with E-state index in [1.165, 1.54) is 18.3 Å². The Morgan fingerprint density at radius 2 is 2.08 bits per heavy atom. The fourth-order valence-corrected chi connectivity index (χ4v) is 2.78. The maximum atomic E-state index is 12.7. The van der Waals surface area contributed by atoms with Crippen LogP contribution in [-0.2, 0) is 12.7 Å². The molecule has 1 aliphatic heterocycles. The normalized spacial score (nSPS) is 16.0. The highest BCUT2D eigenvalue weighted by Gasteiger charge is 2.30. The predicted molar refractivity (Wildman–Crippen MR) is 84.0 cm³/mol. The molecule has 0 radical (unpaired) electrons. The van der Waals surface area contributed by atoms with Gasteiger partial charge in [0.25, 0.3) is 5.91 Å². The second-order valence-electron chi connectivity index (χ2n) is 5.97. The minimum absolute atomic E-state index is 0.0217. The molecule has 0 aliphatic carbocycles. The molecule has 2 N–H and O–H groups in total. The lowest BCUT2D eigenvalue weighted by Crippen LogP contribution is -2.26. The number of oxazole rings is 1. The quantitative estimate of drug-likeness (QED) is 0.886. The number of benzene rings is 1. The molecule has 134 valence electrons. The van der Waals surface area contributed by atoms with E-state index in [9.17, 15) is 18.0 Å². The molecule has 1 aromatic heterocycles. The topological polar surface area (TPSA) is 67.2 Å². The second-order valence-corrected chi connectivity index (χ2v) is 5.97. The van der Waals surface area contributed by atoms with Crippen LogP contribution in [0.2, 0.25) is 0 Å². The standard InChI is InChI=1S/C17H18F3N3O2/c18-17(19,20)13-3-1-2-11(8-13)9-22-15(24)14-10-23-16(25-14)12-4-6-21-7-5-12/h1-3,8,10,12,21H,4-7,9H2,(H,22,24). The van der Waals surface area contributed by atoms with E-state index < -0.39 is 17.6 Å². The smallest absolute Gasteiger partial charge is 0.416 e. The van der Waals surface area contributed by atoms with Gasteiger partial charge in [0.1, 0.15) is 0 Å². The van der Waals surface area contributed by atoms with E-state index in [0.29, 0.717) is 11.5 Å². The minimum Gasteiger partial charge on any atom is -0.435 e. The van der Waals surface area contributed by atoms with Crippen LogP contribution >= 0.6 is 0 Å². The van der Waals surface area contributed by atoms with Gasteiger partial charge < -0.3 is 15.1 Å². The van der Waals surface area contributed by atoms with Crippen molar-refractivity contribution in [1.29, 1.82) is 0 Å². The van der Waals surface area contributed by atoms with Gasteiger partial charge in [0.2, 0.25) is 5.76 Å². The van der Waals surface area contributed by atoms with Crippen molar-refractivity contribution in [3.63, 3.8) is 0 Å². The molecule has 1 saturated heterocycles. The van der Waals surface area contributed by atoms with Crippen molar-refractivity contribution in [2.24, 2.45) is 0 Å². The number of aromatic nitrogens is 1. The lowest BCUT2D eigenvalue weighted by atomic mass is 9.98. The first-order valence-corrected chi connectivity index (χ1v) is 8.04. The average Bonchev–Trinajstić information content (AvgIpc) is 3.10. The van der Waals surface area contributed by atoms with Crippen LogP contribution in [0.1, 0.15) is 46.3 Å². The Balaban J connectivity index is 1.60. The molecule has 2 aromatic rings. The van der Waals surface area contributed by atoms with Crippen LogP contribution in [0.3, 0.4) is 0 Å². The summed E-state index contributed by atoms with van der Waals surface area (Å²) in [6, 6.07) is 4.85. The number of nitrogens with one attached hydrogen (secondary N) is 2. The summed E-state index contributed by atoms with van der Waals surface area (Å²) in [5.74, 6) is 0.294. The van der Waals surface area contributed by atoms with Crippen LogP contribution in [0.25, 0.3) is 0 Å². The number of nitrogens with zero attached hydrogens (tertiary/aromatic N) is 1. The molecule has 8 heteroatoms. The zero-order valence-electron chi connectivity index (χ0n) is 13.4. The molecule has 0 bridgehead atoms. The third-order valence-electron chi connectivity index (χ3n) is 4.14. The van der Waals surface area contributed by atoms with E-state index in [2.05, 4.69) is 15.6 Å². The Morgan fingerprint density at radius 3 is 2.80 bits per heavy atom. The minimum atomic E-state index is -4.41. The van der Waals surface area contributed by atoms with Gasteiger partial charge in [0.05, 0.1) is 11.8 Å². The molecular formula is C17H18F3N3O2. The third kappa shape index (κ3) is 4.39. The highest BCUT2D eigenvalue weighted by molar-refractivity contribution is 5.91. The number of piperidine rings is 1. The van der Waals surface area contributed by atoms with Crippen molar-refractivity contribution in [2.75, 3.05) is 13.1 Å². The Labute approximate surface area is 142 Å². The molecule has 5 nitrogen and oxygen atoms in total. The molecule has 1 amide bonds. The van der Waals surface area contributed by atoms with Crippen LogP contribution in [0, 0.1) is 0 Å². The third-order valence-corrected chi connectivity index (χ3v) is 4.14. The summed E-state index contributed by atoms with van der Waals surface area (Å²) in [7, 11) is 0. The van der Waals surface area contributed by atoms with E-state index in [4.69, 9.17) is 4.42 Å². The summed E-state index contributed by atoms with van der Waals surface area (Å²) in [5, 5.41) is 5.80. The molecule has 0 atom stereocenters. The molecule has 25 heavy (non-hydrogen) atoms. The van der Waals surface area contributed by atoms with E-state index in [1.54, 1.807) is 0 Å². The van der Waals surface area contributed by atoms with E-state index in [-0.39, 0.29) is 18.2 Å². The highest BCUT2D eigenvalue weighted by atomic mass is 19.4. The van der Waals surface area contributed by atoms with Crippen molar-refractivity contribution in [2.45, 2.75) is 31.5 Å². The molecule has 1 aromatic carbocycles. The highest BCUT2D eigenvalue weighted by Crippen LogP contribution is 2.29. The van der Waals surface area contributed by atoms with Gasteiger partial charge in [0.15, 0.2) is 5.89 Å². The van der Waals surface area contributed by atoms with E-state index in [1.807, 2.05) is 0 Å². The number of alkyl halides is 3. The van der Waals surface area contributed by atoms with Crippen LogP contribution in [0.15, 0.2) is 34.9 Å². The molecule has 0 unspecified atom stereocenters. The molecule has 0 saturated carbocycles. The molecule has 2 heterocycles. The second kappa shape index (κ2) is 7.26. The van der Waals surface area contributed by atoms with Gasteiger partial charge in [0, 0.05) is 12.5 Å². The monoisotopic (exact) mass is 353 g/mol. The average molecular weight is 353 g/mol. The largest absolute Gasteiger partial charge is 0.435 e. The summed E-state index contributed by atoms with van der Waals surface area (Å²) >= 11 is 0. The van der Waals surface area contributed by atoms with E-state index >= 15 is 0 Å². The fourth-order valence-electron chi connectivity index (χ4n) is 2.78. The summed E-state index contributed by atoms with van der Waals surface area (Å²) in [6.45, 7) is 1.74.